The first-order valence-electron chi connectivity index (χ1n) is 5.00. The van der Waals surface area contributed by atoms with Crippen LogP contribution in [0.25, 0.3) is 0 Å². The molecule has 0 unspecified atom stereocenters. The summed E-state index contributed by atoms with van der Waals surface area (Å²) in [7, 11) is 0. The summed E-state index contributed by atoms with van der Waals surface area (Å²) >= 11 is 0. The molecule has 0 bridgehead atoms. The fourth-order valence-corrected chi connectivity index (χ4v) is 0.922. The highest BCUT2D eigenvalue weighted by atomic mass is 16.5. The van der Waals surface area contributed by atoms with E-state index in [1.807, 2.05) is 0 Å². The normalized spacial score (nSPS) is 11.9. The zero-order valence-electron chi connectivity index (χ0n) is 9.27. The Morgan fingerprint density at radius 1 is 1.20 bits per heavy atom. The molecule has 90 valence electrons. The molecule has 15 heavy (non-hydrogen) atoms. The molecule has 0 aromatic rings. The minimum absolute atomic E-state index is 0.0959. The maximum atomic E-state index is 11.1. The van der Waals surface area contributed by atoms with Gasteiger partial charge < -0.3 is 20.1 Å². The number of rotatable bonds is 7. The third-order valence-corrected chi connectivity index (χ3v) is 2.35. The van der Waals surface area contributed by atoms with Gasteiger partial charge in [-0.1, -0.05) is 13.8 Å². The van der Waals surface area contributed by atoms with Crippen LogP contribution in [0.4, 0.5) is 0 Å². The molecule has 0 fully saturated rings. The van der Waals surface area contributed by atoms with Crippen LogP contribution in [0.5, 0.6) is 0 Å². The van der Waals surface area contributed by atoms with Gasteiger partial charge in [0.05, 0.1) is 32.3 Å². The van der Waals surface area contributed by atoms with Gasteiger partial charge in [-0.15, -0.1) is 0 Å². The summed E-state index contributed by atoms with van der Waals surface area (Å²) in [6, 6.07) is 0. The van der Waals surface area contributed by atoms with Crippen molar-refractivity contribution in [3.05, 3.63) is 0 Å². The summed E-state index contributed by atoms with van der Waals surface area (Å²) in [5, 5.41) is 27.0. The zero-order chi connectivity index (χ0) is 11.9. The van der Waals surface area contributed by atoms with Gasteiger partial charge in [-0.2, -0.15) is 0 Å². The Morgan fingerprint density at radius 3 is 2.00 bits per heavy atom. The molecule has 0 aromatic heterocycles. The number of hydrogen-bond acceptors (Lipinski definition) is 5. The van der Waals surface area contributed by atoms with E-state index in [1.54, 1.807) is 13.8 Å². The van der Waals surface area contributed by atoms with E-state index in [0.29, 0.717) is 0 Å². The van der Waals surface area contributed by atoms with Crippen LogP contribution in [0.15, 0.2) is 0 Å². The molecule has 0 saturated heterocycles. The van der Waals surface area contributed by atoms with E-state index in [9.17, 15) is 4.79 Å². The summed E-state index contributed by atoms with van der Waals surface area (Å²) in [6.45, 7) is 2.54. The summed E-state index contributed by atoms with van der Waals surface area (Å²) in [5.74, 6) is -0.519. The smallest absolute Gasteiger partial charge is 0.308 e. The molecule has 5 nitrogen and oxygen atoms in total. The second-order valence-corrected chi connectivity index (χ2v) is 4.05. The van der Waals surface area contributed by atoms with Crippen LogP contribution in [-0.2, 0) is 9.53 Å². The number of aliphatic hydroxyl groups excluding tert-OH is 3. The lowest BCUT2D eigenvalue weighted by molar-refractivity contribution is -0.149. The molecule has 0 aromatic carbocycles. The van der Waals surface area contributed by atoms with Gasteiger partial charge in [-0.05, 0) is 6.42 Å². The number of hydrogen-bond donors (Lipinski definition) is 3. The van der Waals surface area contributed by atoms with E-state index in [-0.39, 0.29) is 44.7 Å². The van der Waals surface area contributed by atoms with Crippen LogP contribution in [0, 0.1) is 11.3 Å². The van der Waals surface area contributed by atoms with E-state index < -0.39 is 5.41 Å². The summed E-state index contributed by atoms with van der Waals surface area (Å²) in [4.78, 5) is 11.1. The Labute approximate surface area is 89.7 Å². The van der Waals surface area contributed by atoms with Crippen LogP contribution in [-0.4, -0.2) is 47.7 Å². The topological polar surface area (TPSA) is 87.0 Å². The van der Waals surface area contributed by atoms with Crippen LogP contribution in [0.2, 0.25) is 0 Å². The molecule has 0 radical (unpaired) electrons. The summed E-state index contributed by atoms with van der Waals surface area (Å²) < 4.78 is 4.89. The lowest BCUT2D eigenvalue weighted by atomic mass is 9.88. The largest absolute Gasteiger partial charge is 0.465 e. The third-order valence-electron chi connectivity index (χ3n) is 2.35. The molecule has 0 amide bonds. The molecule has 5 heteroatoms. The van der Waals surface area contributed by atoms with Gasteiger partial charge in [0.25, 0.3) is 0 Å². The first-order valence-corrected chi connectivity index (χ1v) is 5.00. The fraction of sp³-hybridized carbons (Fsp3) is 0.900. The van der Waals surface area contributed by atoms with Crippen molar-refractivity contribution in [2.45, 2.75) is 20.3 Å². The highest BCUT2D eigenvalue weighted by Gasteiger charge is 2.28. The number of aliphatic hydroxyl groups is 3. The maximum absolute atomic E-state index is 11.1. The van der Waals surface area contributed by atoms with Crippen LogP contribution in [0.3, 0.4) is 0 Å². The van der Waals surface area contributed by atoms with Crippen molar-refractivity contribution in [3.8, 4) is 0 Å². The van der Waals surface area contributed by atoms with Gasteiger partial charge in [0.1, 0.15) is 0 Å². The molecule has 0 heterocycles. The van der Waals surface area contributed by atoms with Crippen molar-refractivity contribution in [1.29, 1.82) is 0 Å². The van der Waals surface area contributed by atoms with Gasteiger partial charge in [-0.25, -0.2) is 0 Å². The number of ether oxygens (including phenoxy) is 1. The van der Waals surface area contributed by atoms with E-state index in [2.05, 4.69) is 0 Å². The van der Waals surface area contributed by atoms with Crippen molar-refractivity contribution in [3.63, 3.8) is 0 Å². The Morgan fingerprint density at radius 2 is 1.67 bits per heavy atom. The van der Waals surface area contributed by atoms with E-state index in [0.717, 1.165) is 0 Å². The van der Waals surface area contributed by atoms with Crippen LogP contribution < -0.4 is 0 Å². The molecule has 0 aliphatic heterocycles. The standard InChI is InChI=1S/C10H20O5/c1-8(2)9(14)15-4-3-10(5-11,6-12)7-13/h8,11-13H,3-7H2,1-2H3. The molecular formula is C10H20O5. The molecule has 0 aliphatic carbocycles. The second-order valence-electron chi connectivity index (χ2n) is 4.05. The minimum Gasteiger partial charge on any atom is -0.465 e. The maximum Gasteiger partial charge on any atom is 0.308 e. The monoisotopic (exact) mass is 220 g/mol. The Bertz CT molecular complexity index is 178. The van der Waals surface area contributed by atoms with Crippen LogP contribution in [0.1, 0.15) is 20.3 Å². The van der Waals surface area contributed by atoms with E-state index in [4.69, 9.17) is 20.1 Å². The predicted octanol–water partition coefficient (Wildman–Crippen LogP) is -0.461. The van der Waals surface area contributed by atoms with Crippen LogP contribution >= 0.6 is 0 Å². The first kappa shape index (κ1) is 14.3. The SMILES string of the molecule is CC(C)C(=O)OCCC(CO)(CO)CO. The molecule has 0 spiro atoms. The van der Waals surface area contributed by atoms with Gasteiger partial charge in [0, 0.05) is 5.41 Å². The summed E-state index contributed by atoms with van der Waals surface area (Å²) in [6.07, 6.45) is 0.245. The Balaban J connectivity index is 3.96. The Hall–Kier alpha value is -0.650. The molecule has 0 atom stereocenters. The number of esters is 1. The lowest BCUT2D eigenvalue weighted by Crippen LogP contribution is -2.35. The number of carbonyl (C=O) groups excluding carboxylic acids is 1. The molecular weight excluding hydrogens is 200 g/mol. The summed E-state index contributed by atoms with van der Waals surface area (Å²) in [5.41, 5.74) is -0.961. The minimum atomic E-state index is -0.961. The zero-order valence-corrected chi connectivity index (χ0v) is 9.27. The third kappa shape index (κ3) is 4.59. The van der Waals surface area contributed by atoms with Crippen molar-refractivity contribution in [2.75, 3.05) is 26.4 Å². The van der Waals surface area contributed by atoms with Gasteiger partial charge >= 0.3 is 5.97 Å². The molecule has 0 aliphatic rings. The fourth-order valence-electron chi connectivity index (χ4n) is 0.922. The molecule has 3 N–H and O–H groups in total. The van der Waals surface area contributed by atoms with Crippen molar-refractivity contribution < 1.29 is 24.9 Å². The number of carbonyl (C=O) groups is 1. The van der Waals surface area contributed by atoms with Gasteiger partial charge in [0.15, 0.2) is 0 Å². The lowest BCUT2D eigenvalue weighted by Gasteiger charge is -2.26. The average molecular weight is 220 g/mol. The van der Waals surface area contributed by atoms with Gasteiger partial charge in [-0.3, -0.25) is 4.79 Å². The van der Waals surface area contributed by atoms with Crippen molar-refractivity contribution >= 4 is 5.97 Å². The first-order chi connectivity index (χ1) is 7.01. The average Bonchev–Trinajstić information content (AvgIpc) is 2.24. The highest BCUT2D eigenvalue weighted by molar-refractivity contribution is 5.71. The second kappa shape index (κ2) is 6.76. The van der Waals surface area contributed by atoms with Gasteiger partial charge in [0.2, 0.25) is 0 Å². The Kier molecular flexibility index (Phi) is 6.47. The predicted molar refractivity (Wildman–Crippen MR) is 54.1 cm³/mol. The molecule has 0 rings (SSSR count). The highest BCUT2D eigenvalue weighted by Crippen LogP contribution is 2.19. The van der Waals surface area contributed by atoms with Crippen molar-refractivity contribution in [1.82, 2.24) is 0 Å². The quantitative estimate of drug-likeness (QED) is 0.505. The van der Waals surface area contributed by atoms with Crippen molar-refractivity contribution in [2.24, 2.45) is 11.3 Å². The van der Waals surface area contributed by atoms with E-state index >= 15 is 0 Å². The van der Waals surface area contributed by atoms with E-state index in [1.165, 1.54) is 0 Å². The molecule has 0 saturated carbocycles.